The summed E-state index contributed by atoms with van der Waals surface area (Å²) in [7, 11) is 3.33. The van der Waals surface area contributed by atoms with Crippen LogP contribution in [0.2, 0.25) is 0 Å². The maximum absolute atomic E-state index is 12.4. The number of allylic oxidation sites excluding steroid dienone is 2. The molecule has 2 atom stereocenters. The van der Waals surface area contributed by atoms with E-state index in [9.17, 15) is 14.4 Å². The molecule has 0 unspecified atom stereocenters. The maximum atomic E-state index is 12.4. The number of imide groups is 1. The molecule has 26 heavy (non-hydrogen) atoms. The summed E-state index contributed by atoms with van der Waals surface area (Å²) in [5.41, 5.74) is 0.993. The van der Waals surface area contributed by atoms with Crippen LogP contribution < -0.4 is 4.74 Å². The van der Waals surface area contributed by atoms with E-state index in [1.807, 2.05) is 36.4 Å². The van der Waals surface area contributed by atoms with Crippen molar-refractivity contribution in [3.63, 3.8) is 0 Å². The van der Waals surface area contributed by atoms with Crippen LogP contribution in [0.25, 0.3) is 0 Å². The van der Waals surface area contributed by atoms with Gasteiger partial charge in [-0.25, -0.2) is 0 Å². The van der Waals surface area contributed by atoms with Crippen LogP contribution in [-0.4, -0.2) is 48.2 Å². The third-order valence-electron chi connectivity index (χ3n) is 5.15. The highest BCUT2D eigenvalue weighted by atomic mass is 16.5. The van der Waals surface area contributed by atoms with Crippen LogP contribution in [0.15, 0.2) is 36.4 Å². The van der Waals surface area contributed by atoms with Gasteiger partial charge in [0.25, 0.3) is 0 Å². The first kappa shape index (κ1) is 18.2. The summed E-state index contributed by atoms with van der Waals surface area (Å²) in [4.78, 5) is 40.1. The van der Waals surface area contributed by atoms with Crippen molar-refractivity contribution in [1.82, 2.24) is 9.80 Å². The molecule has 0 saturated carbocycles. The highest BCUT2D eigenvalue weighted by molar-refractivity contribution is 6.05. The van der Waals surface area contributed by atoms with Crippen LogP contribution in [-0.2, 0) is 20.9 Å². The van der Waals surface area contributed by atoms with Crippen LogP contribution in [0.4, 0.5) is 0 Å². The van der Waals surface area contributed by atoms with Crippen molar-refractivity contribution in [2.24, 2.45) is 11.8 Å². The molecule has 0 N–H and O–H groups in total. The van der Waals surface area contributed by atoms with Crippen molar-refractivity contribution in [3.05, 3.63) is 42.0 Å². The van der Waals surface area contributed by atoms with Crippen LogP contribution in [0.5, 0.6) is 5.75 Å². The summed E-state index contributed by atoms with van der Waals surface area (Å²) in [5, 5.41) is 0. The summed E-state index contributed by atoms with van der Waals surface area (Å²) >= 11 is 0. The summed E-state index contributed by atoms with van der Waals surface area (Å²) < 4.78 is 5.12. The average molecular weight is 356 g/mol. The van der Waals surface area contributed by atoms with E-state index in [-0.39, 0.29) is 42.5 Å². The maximum Gasteiger partial charge on any atom is 0.233 e. The Hall–Kier alpha value is -2.63. The van der Waals surface area contributed by atoms with Gasteiger partial charge in [-0.05, 0) is 30.5 Å². The molecule has 0 aromatic heterocycles. The van der Waals surface area contributed by atoms with Crippen molar-refractivity contribution in [2.75, 3.05) is 20.7 Å². The zero-order chi connectivity index (χ0) is 18.7. The molecule has 1 aromatic carbocycles. The quantitative estimate of drug-likeness (QED) is 0.578. The summed E-state index contributed by atoms with van der Waals surface area (Å²) in [6.45, 7) is 0.635. The Morgan fingerprint density at radius 3 is 2.23 bits per heavy atom. The largest absolute Gasteiger partial charge is 0.497 e. The van der Waals surface area contributed by atoms with E-state index in [2.05, 4.69) is 0 Å². The lowest BCUT2D eigenvalue weighted by Gasteiger charge is -2.20. The minimum absolute atomic E-state index is 0.0885. The molecule has 1 heterocycles. The number of benzene rings is 1. The van der Waals surface area contributed by atoms with Gasteiger partial charge >= 0.3 is 0 Å². The first-order chi connectivity index (χ1) is 12.5. The van der Waals surface area contributed by atoms with E-state index in [1.165, 1.54) is 4.90 Å². The Morgan fingerprint density at radius 1 is 1.12 bits per heavy atom. The van der Waals surface area contributed by atoms with Crippen molar-refractivity contribution in [2.45, 2.75) is 25.8 Å². The molecule has 138 valence electrons. The van der Waals surface area contributed by atoms with Gasteiger partial charge in [0.05, 0.1) is 18.9 Å². The topological polar surface area (TPSA) is 66.9 Å². The van der Waals surface area contributed by atoms with Gasteiger partial charge in [-0.2, -0.15) is 0 Å². The molecule has 0 spiro atoms. The van der Waals surface area contributed by atoms with Crippen LogP contribution >= 0.6 is 0 Å². The lowest BCUT2D eigenvalue weighted by molar-refractivity contribution is -0.140. The Balaban J connectivity index is 1.53. The smallest absolute Gasteiger partial charge is 0.233 e. The number of methoxy groups -OCH3 is 1. The van der Waals surface area contributed by atoms with E-state index in [1.54, 1.807) is 19.1 Å². The van der Waals surface area contributed by atoms with Gasteiger partial charge in [-0.3, -0.25) is 19.3 Å². The Morgan fingerprint density at radius 2 is 1.69 bits per heavy atom. The standard InChI is InChI=1S/C20H24N2O4/c1-21(13-14-7-9-15(26-2)10-8-14)18(23)11-12-22-19(24)16-5-3-4-6-17(16)20(22)25/h3-4,7-10,16-17H,5-6,11-13H2,1-2H3/t16-,17+. The molecular formula is C20H24N2O4. The molecule has 1 aliphatic carbocycles. The normalized spacial score (nSPS) is 21.7. The third-order valence-corrected chi connectivity index (χ3v) is 5.15. The lowest BCUT2D eigenvalue weighted by Crippen LogP contribution is -2.36. The monoisotopic (exact) mass is 356 g/mol. The molecule has 0 bridgehead atoms. The second-order valence-corrected chi connectivity index (χ2v) is 6.83. The molecule has 6 heteroatoms. The fraction of sp³-hybridized carbons (Fsp3) is 0.450. The number of rotatable bonds is 6. The number of fused-ring (bicyclic) bond motifs is 1. The molecule has 1 aliphatic heterocycles. The fourth-order valence-corrected chi connectivity index (χ4v) is 3.58. The number of ether oxygens (including phenoxy) is 1. The predicted molar refractivity (Wildman–Crippen MR) is 96.2 cm³/mol. The highest BCUT2D eigenvalue weighted by Gasteiger charge is 2.46. The van der Waals surface area contributed by atoms with Crippen molar-refractivity contribution >= 4 is 17.7 Å². The van der Waals surface area contributed by atoms with Crippen molar-refractivity contribution < 1.29 is 19.1 Å². The number of hydrogen-bond acceptors (Lipinski definition) is 4. The summed E-state index contributed by atoms with van der Waals surface area (Å²) in [6, 6.07) is 7.53. The third kappa shape index (κ3) is 3.64. The minimum Gasteiger partial charge on any atom is -0.497 e. The predicted octanol–water partition coefficient (Wildman–Crippen LogP) is 1.99. The zero-order valence-corrected chi connectivity index (χ0v) is 15.2. The van der Waals surface area contributed by atoms with Gasteiger partial charge in [0.15, 0.2) is 0 Å². The number of likely N-dealkylation sites (tertiary alicyclic amines) is 1. The van der Waals surface area contributed by atoms with Gasteiger partial charge in [0, 0.05) is 26.6 Å². The average Bonchev–Trinajstić information content (AvgIpc) is 2.91. The van der Waals surface area contributed by atoms with Gasteiger partial charge in [0.1, 0.15) is 5.75 Å². The molecule has 3 rings (SSSR count). The van der Waals surface area contributed by atoms with Crippen LogP contribution in [0.1, 0.15) is 24.8 Å². The van der Waals surface area contributed by atoms with E-state index in [4.69, 9.17) is 4.74 Å². The van der Waals surface area contributed by atoms with Crippen molar-refractivity contribution in [3.8, 4) is 5.75 Å². The van der Waals surface area contributed by atoms with E-state index >= 15 is 0 Å². The Labute approximate surface area is 153 Å². The highest BCUT2D eigenvalue weighted by Crippen LogP contribution is 2.35. The van der Waals surface area contributed by atoms with Gasteiger partial charge in [-0.1, -0.05) is 24.3 Å². The first-order valence-corrected chi connectivity index (χ1v) is 8.88. The van der Waals surface area contributed by atoms with Crippen LogP contribution in [0, 0.1) is 11.8 Å². The molecule has 1 saturated heterocycles. The zero-order valence-electron chi connectivity index (χ0n) is 15.2. The van der Waals surface area contributed by atoms with E-state index in [0.29, 0.717) is 19.4 Å². The lowest BCUT2D eigenvalue weighted by atomic mass is 9.85. The molecule has 1 aromatic rings. The number of nitrogens with zero attached hydrogens (tertiary/aromatic N) is 2. The molecular weight excluding hydrogens is 332 g/mol. The number of amides is 3. The van der Waals surface area contributed by atoms with Gasteiger partial charge in [0.2, 0.25) is 17.7 Å². The van der Waals surface area contributed by atoms with Gasteiger partial charge < -0.3 is 9.64 Å². The van der Waals surface area contributed by atoms with E-state index in [0.717, 1.165) is 11.3 Å². The molecule has 2 aliphatic rings. The Bertz CT molecular complexity index is 700. The molecule has 3 amide bonds. The first-order valence-electron chi connectivity index (χ1n) is 8.88. The number of carbonyl (C=O) groups excluding carboxylic acids is 3. The van der Waals surface area contributed by atoms with Crippen molar-refractivity contribution in [1.29, 1.82) is 0 Å². The molecule has 6 nitrogen and oxygen atoms in total. The summed E-state index contributed by atoms with van der Waals surface area (Å²) in [5.74, 6) is -0.0525. The van der Waals surface area contributed by atoms with Gasteiger partial charge in [-0.15, -0.1) is 0 Å². The number of hydrogen-bond donors (Lipinski definition) is 0. The fourth-order valence-electron chi connectivity index (χ4n) is 3.58. The van der Waals surface area contributed by atoms with E-state index < -0.39 is 0 Å². The molecule has 0 radical (unpaired) electrons. The molecule has 1 fully saturated rings. The van der Waals surface area contributed by atoms with Crippen LogP contribution in [0.3, 0.4) is 0 Å². The summed E-state index contributed by atoms with van der Waals surface area (Å²) in [6.07, 6.45) is 5.32. The Kier molecular flexibility index (Phi) is 5.40. The number of carbonyl (C=O) groups is 3. The SMILES string of the molecule is COc1ccc(CN(C)C(=O)CCN2C(=O)[C@H]3CC=CC[C@H]3C2=O)cc1. The minimum atomic E-state index is -0.236. The second kappa shape index (κ2) is 7.72. The second-order valence-electron chi connectivity index (χ2n) is 6.83.